The lowest BCUT2D eigenvalue weighted by molar-refractivity contribution is -0.142. The second kappa shape index (κ2) is 6.52. The fourth-order valence-corrected chi connectivity index (χ4v) is 2.31. The van der Waals surface area contributed by atoms with Gasteiger partial charge in [0, 0.05) is 7.05 Å². The lowest BCUT2D eigenvalue weighted by atomic mass is 10.2. The number of nitrogens with zero attached hydrogens (tertiary/aromatic N) is 3. The van der Waals surface area contributed by atoms with E-state index >= 15 is 0 Å². The van der Waals surface area contributed by atoms with Gasteiger partial charge in [-0.1, -0.05) is 25.1 Å². The maximum Gasteiger partial charge on any atom is 0.319 e. The molecule has 1 unspecified atom stereocenters. The third kappa shape index (κ3) is 3.52. The molecule has 0 amide bonds. The van der Waals surface area contributed by atoms with Crippen LogP contribution >= 0.6 is 11.8 Å². The van der Waals surface area contributed by atoms with Gasteiger partial charge in [-0.2, -0.15) is 0 Å². The van der Waals surface area contributed by atoms with Crippen molar-refractivity contribution in [1.29, 1.82) is 0 Å². The molecule has 0 fully saturated rings. The highest BCUT2D eigenvalue weighted by Gasteiger charge is 2.22. The van der Waals surface area contributed by atoms with Crippen LogP contribution in [0, 0.1) is 0 Å². The van der Waals surface area contributed by atoms with Crippen molar-refractivity contribution in [2.24, 2.45) is 7.05 Å². The molecule has 1 aromatic rings. The van der Waals surface area contributed by atoms with E-state index in [0.29, 0.717) is 6.61 Å². The Hall–Kier alpha value is -1.04. The molecule has 0 aliphatic heterocycles. The number of rotatable bonds is 6. The summed E-state index contributed by atoms with van der Waals surface area (Å²) in [5.41, 5.74) is 0. The molecule has 5 nitrogen and oxygen atoms in total. The van der Waals surface area contributed by atoms with Gasteiger partial charge in [-0.15, -0.1) is 10.2 Å². The molecule has 0 radical (unpaired) electrons. The molecule has 1 aromatic heterocycles. The second-order valence-corrected chi connectivity index (χ2v) is 4.54. The van der Waals surface area contributed by atoms with Crippen LogP contribution in [0.15, 0.2) is 11.5 Å². The van der Waals surface area contributed by atoms with Crippen molar-refractivity contribution < 1.29 is 9.53 Å². The van der Waals surface area contributed by atoms with Crippen LogP contribution in [0.3, 0.4) is 0 Å². The van der Waals surface area contributed by atoms with E-state index in [4.69, 9.17) is 4.74 Å². The molecule has 0 aliphatic carbocycles. The van der Waals surface area contributed by atoms with Crippen molar-refractivity contribution in [1.82, 2.24) is 14.8 Å². The first kappa shape index (κ1) is 13.0. The largest absolute Gasteiger partial charge is 0.465 e. The van der Waals surface area contributed by atoms with Gasteiger partial charge >= 0.3 is 5.97 Å². The number of esters is 1. The molecule has 0 spiro atoms. The average molecular weight is 243 g/mol. The summed E-state index contributed by atoms with van der Waals surface area (Å²) in [6, 6.07) is 0. The normalized spacial score (nSPS) is 12.4. The Morgan fingerprint density at radius 2 is 2.38 bits per heavy atom. The number of aromatic nitrogens is 3. The molecule has 0 saturated heterocycles. The van der Waals surface area contributed by atoms with Crippen LogP contribution in [0.2, 0.25) is 0 Å². The standard InChI is InChI=1S/C10H17N3O2S/c1-4-6-8(9(14)15-5-2)16-10-12-11-7-13(10)3/h7-8H,4-6H2,1-3H3. The summed E-state index contributed by atoms with van der Waals surface area (Å²) in [6.07, 6.45) is 3.35. The summed E-state index contributed by atoms with van der Waals surface area (Å²) in [6.45, 7) is 4.27. The van der Waals surface area contributed by atoms with E-state index in [1.54, 1.807) is 10.9 Å². The van der Waals surface area contributed by atoms with Crippen molar-refractivity contribution in [2.75, 3.05) is 6.61 Å². The monoisotopic (exact) mass is 243 g/mol. The fourth-order valence-electron chi connectivity index (χ4n) is 1.23. The maximum absolute atomic E-state index is 11.7. The molecule has 1 rings (SSSR count). The summed E-state index contributed by atoms with van der Waals surface area (Å²) in [5, 5.41) is 8.28. The quantitative estimate of drug-likeness (QED) is 0.561. The summed E-state index contributed by atoms with van der Waals surface area (Å²) < 4.78 is 6.83. The number of carbonyl (C=O) groups is 1. The Kier molecular flexibility index (Phi) is 5.31. The number of hydrogen-bond acceptors (Lipinski definition) is 5. The van der Waals surface area contributed by atoms with Crippen LogP contribution in [0.5, 0.6) is 0 Å². The second-order valence-electron chi connectivity index (χ2n) is 3.37. The Bertz CT molecular complexity index is 341. The van der Waals surface area contributed by atoms with Crippen LogP contribution in [0.25, 0.3) is 0 Å². The molecule has 0 bridgehead atoms. The zero-order chi connectivity index (χ0) is 12.0. The molecule has 6 heteroatoms. The Labute approximate surface area is 99.6 Å². The minimum absolute atomic E-state index is 0.169. The van der Waals surface area contributed by atoms with Gasteiger partial charge in [-0.25, -0.2) is 0 Å². The van der Waals surface area contributed by atoms with Gasteiger partial charge in [0.15, 0.2) is 5.16 Å². The predicted octanol–water partition coefficient (Wildman–Crippen LogP) is 1.64. The number of thioether (sulfide) groups is 1. The SMILES string of the molecule is CCCC(Sc1nncn1C)C(=O)OCC. The zero-order valence-corrected chi connectivity index (χ0v) is 10.7. The first-order chi connectivity index (χ1) is 7.69. The highest BCUT2D eigenvalue weighted by Crippen LogP contribution is 2.24. The molecule has 0 aromatic carbocycles. The van der Waals surface area contributed by atoms with E-state index < -0.39 is 0 Å². The molecule has 1 atom stereocenters. The molecule has 16 heavy (non-hydrogen) atoms. The van der Waals surface area contributed by atoms with Crippen LogP contribution in [0.1, 0.15) is 26.7 Å². The fraction of sp³-hybridized carbons (Fsp3) is 0.700. The third-order valence-electron chi connectivity index (χ3n) is 2.02. The number of aryl methyl sites for hydroxylation is 1. The van der Waals surface area contributed by atoms with Crippen molar-refractivity contribution >= 4 is 17.7 Å². The smallest absolute Gasteiger partial charge is 0.319 e. The van der Waals surface area contributed by atoms with Gasteiger partial charge in [0.2, 0.25) is 0 Å². The van der Waals surface area contributed by atoms with Crippen LogP contribution in [-0.4, -0.2) is 32.6 Å². The first-order valence-electron chi connectivity index (χ1n) is 5.36. The minimum atomic E-state index is -0.187. The Morgan fingerprint density at radius 3 is 2.88 bits per heavy atom. The average Bonchev–Trinajstić information content (AvgIpc) is 2.64. The van der Waals surface area contributed by atoms with E-state index in [0.717, 1.165) is 18.0 Å². The van der Waals surface area contributed by atoms with E-state index in [-0.39, 0.29) is 11.2 Å². The highest BCUT2D eigenvalue weighted by molar-refractivity contribution is 8.00. The van der Waals surface area contributed by atoms with Crippen molar-refractivity contribution in [2.45, 2.75) is 37.1 Å². The molecular formula is C10H17N3O2S. The zero-order valence-electron chi connectivity index (χ0n) is 9.84. The Balaban J connectivity index is 2.64. The summed E-state index contributed by atoms with van der Waals surface area (Å²) in [5.74, 6) is -0.169. The van der Waals surface area contributed by atoms with Crippen LogP contribution in [-0.2, 0) is 16.6 Å². The summed E-state index contributed by atoms with van der Waals surface area (Å²) >= 11 is 1.41. The van der Waals surface area contributed by atoms with Gasteiger partial charge in [-0.05, 0) is 13.3 Å². The van der Waals surface area contributed by atoms with Gasteiger partial charge in [0.1, 0.15) is 11.6 Å². The number of carbonyl (C=O) groups excluding carboxylic acids is 1. The van der Waals surface area contributed by atoms with E-state index in [2.05, 4.69) is 10.2 Å². The molecule has 0 aliphatic rings. The first-order valence-corrected chi connectivity index (χ1v) is 6.24. The third-order valence-corrected chi connectivity index (χ3v) is 3.31. The van der Waals surface area contributed by atoms with Crippen LogP contribution < -0.4 is 0 Å². The number of hydrogen-bond donors (Lipinski definition) is 0. The van der Waals surface area contributed by atoms with Gasteiger partial charge < -0.3 is 9.30 Å². The van der Waals surface area contributed by atoms with Gasteiger partial charge in [0.05, 0.1) is 6.61 Å². The van der Waals surface area contributed by atoms with E-state index in [1.807, 2.05) is 20.9 Å². The molecule has 1 heterocycles. The molecule has 0 saturated carbocycles. The predicted molar refractivity (Wildman–Crippen MR) is 62.2 cm³/mol. The lowest BCUT2D eigenvalue weighted by Gasteiger charge is -2.13. The molecule has 90 valence electrons. The minimum Gasteiger partial charge on any atom is -0.465 e. The molecular weight excluding hydrogens is 226 g/mol. The van der Waals surface area contributed by atoms with E-state index in [1.165, 1.54) is 11.8 Å². The Morgan fingerprint density at radius 1 is 1.62 bits per heavy atom. The van der Waals surface area contributed by atoms with Gasteiger partial charge in [0.25, 0.3) is 0 Å². The lowest BCUT2D eigenvalue weighted by Crippen LogP contribution is -2.20. The topological polar surface area (TPSA) is 57.0 Å². The van der Waals surface area contributed by atoms with Gasteiger partial charge in [-0.3, -0.25) is 4.79 Å². The number of ether oxygens (including phenoxy) is 1. The molecule has 0 N–H and O–H groups in total. The van der Waals surface area contributed by atoms with Crippen molar-refractivity contribution in [3.63, 3.8) is 0 Å². The van der Waals surface area contributed by atoms with Crippen molar-refractivity contribution in [3.8, 4) is 0 Å². The van der Waals surface area contributed by atoms with E-state index in [9.17, 15) is 4.79 Å². The van der Waals surface area contributed by atoms with Crippen molar-refractivity contribution in [3.05, 3.63) is 6.33 Å². The highest BCUT2D eigenvalue weighted by atomic mass is 32.2. The summed E-state index contributed by atoms with van der Waals surface area (Å²) in [7, 11) is 1.86. The van der Waals surface area contributed by atoms with Crippen LogP contribution in [0.4, 0.5) is 0 Å². The maximum atomic E-state index is 11.7. The summed E-state index contributed by atoms with van der Waals surface area (Å²) in [4.78, 5) is 11.7.